The SMILES string of the molecule is CSc1nc(C)c(CCC(=O)N(C)C(c2ccccc2)c2ccc(F)cc2)c(=O)[nH]1. The Hall–Kier alpha value is -2.93. The van der Waals surface area contributed by atoms with E-state index in [1.807, 2.05) is 36.6 Å². The molecule has 0 fully saturated rings. The molecule has 5 nitrogen and oxygen atoms in total. The van der Waals surface area contributed by atoms with Crippen molar-refractivity contribution in [3.63, 3.8) is 0 Å². The van der Waals surface area contributed by atoms with Gasteiger partial charge in [0.2, 0.25) is 5.91 Å². The van der Waals surface area contributed by atoms with E-state index in [1.54, 1.807) is 31.0 Å². The minimum Gasteiger partial charge on any atom is -0.335 e. The number of halogens is 1. The number of hydrogen-bond acceptors (Lipinski definition) is 4. The number of thioether (sulfide) groups is 1. The number of aromatic nitrogens is 2. The number of carbonyl (C=O) groups excluding carboxylic acids is 1. The molecule has 1 heterocycles. The van der Waals surface area contributed by atoms with Crippen molar-refractivity contribution in [1.82, 2.24) is 14.9 Å². The highest BCUT2D eigenvalue weighted by molar-refractivity contribution is 7.98. The van der Waals surface area contributed by atoms with Gasteiger partial charge in [0.1, 0.15) is 5.82 Å². The molecular weight excluding hydrogens is 401 g/mol. The van der Waals surface area contributed by atoms with Crippen LogP contribution < -0.4 is 5.56 Å². The van der Waals surface area contributed by atoms with E-state index in [2.05, 4.69) is 9.97 Å². The Bertz CT molecular complexity index is 1070. The average molecular weight is 426 g/mol. The van der Waals surface area contributed by atoms with Gasteiger partial charge in [-0.2, -0.15) is 0 Å². The van der Waals surface area contributed by atoms with Crippen LogP contribution in [0.5, 0.6) is 0 Å². The fourth-order valence-corrected chi connectivity index (χ4v) is 3.87. The minimum absolute atomic E-state index is 0.110. The quantitative estimate of drug-likeness (QED) is 0.457. The van der Waals surface area contributed by atoms with Gasteiger partial charge in [-0.15, -0.1) is 0 Å². The summed E-state index contributed by atoms with van der Waals surface area (Å²) in [5.41, 5.74) is 2.70. The molecule has 0 radical (unpaired) electrons. The summed E-state index contributed by atoms with van der Waals surface area (Å²) in [6.07, 6.45) is 2.32. The number of carbonyl (C=O) groups is 1. The lowest BCUT2D eigenvalue weighted by Gasteiger charge is -2.29. The second kappa shape index (κ2) is 9.71. The van der Waals surface area contributed by atoms with Crippen LogP contribution in [0.1, 0.15) is 34.8 Å². The molecule has 1 amide bonds. The average Bonchev–Trinajstić information content (AvgIpc) is 2.75. The topological polar surface area (TPSA) is 66.1 Å². The fourth-order valence-electron chi connectivity index (χ4n) is 3.45. The zero-order valence-electron chi connectivity index (χ0n) is 17.2. The summed E-state index contributed by atoms with van der Waals surface area (Å²) in [5.74, 6) is -0.434. The summed E-state index contributed by atoms with van der Waals surface area (Å²) in [7, 11) is 1.73. The third-order valence-corrected chi connectivity index (χ3v) is 5.64. The number of H-pyrrole nitrogens is 1. The first-order valence-corrected chi connectivity index (χ1v) is 10.8. The van der Waals surface area contributed by atoms with Crippen LogP contribution in [0.2, 0.25) is 0 Å². The number of benzene rings is 2. The van der Waals surface area contributed by atoms with Crippen molar-refractivity contribution in [1.29, 1.82) is 0 Å². The van der Waals surface area contributed by atoms with Gasteiger partial charge in [0.15, 0.2) is 5.16 Å². The van der Waals surface area contributed by atoms with Gasteiger partial charge in [-0.25, -0.2) is 9.37 Å². The Morgan fingerprint density at radius 1 is 1.13 bits per heavy atom. The number of aryl methyl sites for hydroxylation is 1. The molecule has 3 rings (SSSR count). The highest BCUT2D eigenvalue weighted by atomic mass is 32.2. The largest absolute Gasteiger partial charge is 0.335 e. The highest BCUT2D eigenvalue weighted by Gasteiger charge is 2.24. The monoisotopic (exact) mass is 425 g/mol. The molecule has 0 aliphatic heterocycles. The van der Waals surface area contributed by atoms with Crippen molar-refractivity contribution in [2.24, 2.45) is 0 Å². The van der Waals surface area contributed by atoms with E-state index in [1.165, 1.54) is 23.9 Å². The number of nitrogens with one attached hydrogen (secondary N) is 1. The third kappa shape index (κ3) is 4.97. The van der Waals surface area contributed by atoms with Crippen molar-refractivity contribution in [2.75, 3.05) is 13.3 Å². The standard InChI is InChI=1S/C23H24FN3O2S/c1-15-19(22(29)26-23(25-15)30-3)13-14-20(28)27(2)21(16-7-5-4-6-8-16)17-9-11-18(24)12-10-17/h4-12,21H,13-14H2,1-3H3,(H,25,26,29). The normalized spacial score (nSPS) is 11.9. The predicted molar refractivity (Wildman–Crippen MR) is 117 cm³/mol. The van der Waals surface area contributed by atoms with Crippen molar-refractivity contribution < 1.29 is 9.18 Å². The van der Waals surface area contributed by atoms with E-state index in [0.29, 0.717) is 22.8 Å². The number of amides is 1. The van der Waals surface area contributed by atoms with Crippen LogP contribution in [0.4, 0.5) is 4.39 Å². The first-order chi connectivity index (χ1) is 14.4. The van der Waals surface area contributed by atoms with Crippen molar-refractivity contribution >= 4 is 17.7 Å². The Balaban J connectivity index is 1.83. The molecule has 156 valence electrons. The van der Waals surface area contributed by atoms with Gasteiger partial charge in [0, 0.05) is 24.7 Å². The molecule has 3 aromatic rings. The predicted octanol–water partition coefficient (Wildman–Crippen LogP) is 4.12. The zero-order chi connectivity index (χ0) is 21.7. The molecule has 0 spiro atoms. The van der Waals surface area contributed by atoms with Crippen LogP contribution in [0.3, 0.4) is 0 Å². The molecule has 0 saturated heterocycles. The zero-order valence-corrected chi connectivity index (χ0v) is 18.0. The van der Waals surface area contributed by atoms with Gasteiger partial charge >= 0.3 is 0 Å². The first-order valence-electron chi connectivity index (χ1n) is 9.60. The van der Waals surface area contributed by atoms with E-state index in [-0.39, 0.29) is 29.7 Å². The van der Waals surface area contributed by atoms with Crippen LogP contribution in [0.25, 0.3) is 0 Å². The summed E-state index contributed by atoms with van der Waals surface area (Å²) in [4.78, 5) is 34.1. The molecule has 7 heteroatoms. The second-order valence-electron chi connectivity index (χ2n) is 7.01. The maximum atomic E-state index is 13.4. The highest BCUT2D eigenvalue weighted by Crippen LogP contribution is 2.28. The van der Waals surface area contributed by atoms with E-state index in [0.717, 1.165) is 11.1 Å². The Morgan fingerprint density at radius 3 is 2.37 bits per heavy atom. The van der Waals surface area contributed by atoms with Crippen LogP contribution >= 0.6 is 11.8 Å². The van der Waals surface area contributed by atoms with E-state index in [9.17, 15) is 14.0 Å². The smallest absolute Gasteiger partial charge is 0.254 e. The molecule has 0 saturated carbocycles. The fraction of sp³-hybridized carbons (Fsp3) is 0.261. The van der Waals surface area contributed by atoms with Crippen molar-refractivity contribution in [3.8, 4) is 0 Å². The lowest BCUT2D eigenvalue weighted by molar-refractivity contribution is -0.131. The number of rotatable bonds is 7. The van der Waals surface area contributed by atoms with Gasteiger partial charge in [0.05, 0.1) is 6.04 Å². The molecule has 30 heavy (non-hydrogen) atoms. The first kappa shape index (κ1) is 21.8. The van der Waals surface area contributed by atoms with Gasteiger partial charge in [-0.3, -0.25) is 9.59 Å². The Labute approximate surface area is 179 Å². The van der Waals surface area contributed by atoms with E-state index >= 15 is 0 Å². The Kier molecular flexibility index (Phi) is 7.05. The number of aromatic amines is 1. The summed E-state index contributed by atoms with van der Waals surface area (Å²) in [6.45, 7) is 1.78. The van der Waals surface area contributed by atoms with Gasteiger partial charge in [0.25, 0.3) is 5.56 Å². The van der Waals surface area contributed by atoms with Gasteiger partial charge in [-0.1, -0.05) is 54.2 Å². The van der Waals surface area contributed by atoms with Crippen LogP contribution in [0.15, 0.2) is 64.5 Å². The van der Waals surface area contributed by atoms with Gasteiger partial charge < -0.3 is 9.88 Å². The molecule has 1 atom stereocenters. The van der Waals surface area contributed by atoms with Crippen LogP contribution in [-0.4, -0.2) is 34.1 Å². The molecule has 0 aliphatic rings. The lowest BCUT2D eigenvalue weighted by Crippen LogP contribution is -2.32. The Morgan fingerprint density at radius 2 is 1.77 bits per heavy atom. The van der Waals surface area contributed by atoms with Crippen molar-refractivity contribution in [3.05, 3.63) is 93.2 Å². The number of nitrogens with zero attached hydrogens (tertiary/aromatic N) is 2. The maximum Gasteiger partial charge on any atom is 0.254 e. The molecule has 2 aromatic carbocycles. The molecule has 0 bridgehead atoms. The molecule has 1 aromatic heterocycles. The lowest BCUT2D eigenvalue weighted by atomic mass is 9.96. The maximum absolute atomic E-state index is 13.4. The molecule has 1 N–H and O–H groups in total. The minimum atomic E-state index is -0.351. The van der Waals surface area contributed by atoms with Gasteiger partial charge in [-0.05, 0) is 42.9 Å². The summed E-state index contributed by atoms with van der Waals surface area (Å²) < 4.78 is 13.4. The molecular formula is C23H24FN3O2S. The van der Waals surface area contributed by atoms with E-state index in [4.69, 9.17) is 0 Å². The van der Waals surface area contributed by atoms with E-state index < -0.39 is 0 Å². The van der Waals surface area contributed by atoms with Crippen molar-refractivity contribution in [2.45, 2.75) is 31.0 Å². The summed E-state index contributed by atoms with van der Waals surface area (Å²) in [6, 6.07) is 15.4. The molecule has 0 aliphatic carbocycles. The van der Waals surface area contributed by atoms with Crippen LogP contribution in [-0.2, 0) is 11.2 Å². The third-order valence-electron chi connectivity index (χ3n) is 5.06. The van der Waals surface area contributed by atoms with Crippen LogP contribution in [0, 0.1) is 12.7 Å². The summed E-state index contributed by atoms with van der Waals surface area (Å²) >= 11 is 1.37. The molecule has 1 unspecified atom stereocenters. The number of hydrogen-bond donors (Lipinski definition) is 1. The second-order valence-corrected chi connectivity index (χ2v) is 7.80. The summed E-state index contributed by atoms with van der Waals surface area (Å²) in [5, 5.41) is 0.560.